The zero-order valence-corrected chi connectivity index (χ0v) is 11.9. The highest BCUT2D eigenvalue weighted by Crippen LogP contribution is 2.33. The lowest BCUT2D eigenvalue weighted by Crippen LogP contribution is -2.37. The molecule has 3 rings (SSSR count). The third-order valence-corrected chi connectivity index (χ3v) is 4.09. The molecule has 0 radical (unpaired) electrons. The summed E-state index contributed by atoms with van der Waals surface area (Å²) < 4.78 is 5.01. The molecule has 20 heavy (non-hydrogen) atoms. The maximum atomic E-state index is 5.01. The Morgan fingerprint density at radius 3 is 2.75 bits per heavy atom. The van der Waals surface area contributed by atoms with Crippen LogP contribution in [0.4, 0.5) is 0 Å². The Morgan fingerprint density at radius 2 is 2.00 bits per heavy atom. The summed E-state index contributed by atoms with van der Waals surface area (Å²) in [4.78, 5) is 4.25. The first-order valence-electron chi connectivity index (χ1n) is 7.40. The number of hydrogen-bond acceptors (Lipinski definition) is 4. The van der Waals surface area contributed by atoms with E-state index in [4.69, 9.17) is 4.52 Å². The highest BCUT2D eigenvalue weighted by Gasteiger charge is 2.26. The number of nitrogens with zero attached hydrogens (tertiary/aromatic N) is 2. The summed E-state index contributed by atoms with van der Waals surface area (Å²) in [5.74, 6) is 1.97. The molecule has 1 saturated carbocycles. The monoisotopic (exact) mass is 271 g/mol. The number of aromatic nitrogens is 2. The molecule has 2 unspecified atom stereocenters. The van der Waals surface area contributed by atoms with Crippen molar-refractivity contribution < 1.29 is 4.52 Å². The van der Waals surface area contributed by atoms with Crippen molar-refractivity contribution in [3.8, 4) is 0 Å². The zero-order valence-electron chi connectivity index (χ0n) is 11.9. The van der Waals surface area contributed by atoms with Gasteiger partial charge in [0.15, 0.2) is 5.82 Å². The Balaban J connectivity index is 1.66. The predicted molar refractivity (Wildman–Crippen MR) is 77.3 cm³/mol. The second-order valence-corrected chi connectivity index (χ2v) is 5.52. The molecule has 1 aromatic carbocycles. The van der Waals surface area contributed by atoms with E-state index in [0.29, 0.717) is 24.4 Å². The number of nitrogens with one attached hydrogen (secondary N) is 1. The van der Waals surface area contributed by atoms with Gasteiger partial charge in [0.05, 0.1) is 6.54 Å². The van der Waals surface area contributed by atoms with Gasteiger partial charge in [-0.05, 0) is 24.3 Å². The van der Waals surface area contributed by atoms with Crippen LogP contribution >= 0.6 is 0 Å². The molecule has 4 nitrogen and oxygen atoms in total. The molecule has 1 heterocycles. The minimum absolute atomic E-state index is 0.505. The van der Waals surface area contributed by atoms with Gasteiger partial charge < -0.3 is 9.84 Å². The van der Waals surface area contributed by atoms with Crippen molar-refractivity contribution in [3.05, 3.63) is 47.6 Å². The molecule has 1 aliphatic rings. The van der Waals surface area contributed by atoms with Crippen LogP contribution in [0.25, 0.3) is 0 Å². The molecule has 0 spiro atoms. The Hall–Kier alpha value is -1.68. The van der Waals surface area contributed by atoms with E-state index in [1.54, 1.807) is 0 Å². The highest BCUT2D eigenvalue weighted by atomic mass is 16.5. The van der Waals surface area contributed by atoms with Crippen molar-refractivity contribution >= 4 is 0 Å². The average molecular weight is 271 g/mol. The fourth-order valence-electron chi connectivity index (χ4n) is 3.11. The van der Waals surface area contributed by atoms with Crippen LogP contribution in [0.3, 0.4) is 0 Å². The fourth-order valence-corrected chi connectivity index (χ4v) is 3.11. The molecule has 1 N–H and O–H groups in total. The molecular formula is C16H21N3O. The second-order valence-electron chi connectivity index (χ2n) is 5.52. The van der Waals surface area contributed by atoms with Crippen LogP contribution in [0.5, 0.6) is 0 Å². The standard InChI is InChI=1S/C16H21N3O/c1-12-18-16(19-20-12)11-17-15-10-6-5-9-14(15)13-7-3-2-4-8-13/h2-4,7-8,14-15,17H,5-6,9-11H2,1H3. The van der Waals surface area contributed by atoms with Crippen LogP contribution in [0.2, 0.25) is 0 Å². The Labute approximate surface area is 119 Å². The van der Waals surface area contributed by atoms with Crippen LogP contribution in [-0.4, -0.2) is 16.2 Å². The first-order chi connectivity index (χ1) is 9.83. The third-order valence-electron chi connectivity index (χ3n) is 4.09. The molecule has 2 aromatic rings. The molecule has 4 heteroatoms. The number of hydrogen-bond donors (Lipinski definition) is 1. The molecule has 1 aromatic heterocycles. The molecule has 2 atom stereocenters. The summed E-state index contributed by atoms with van der Waals surface area (Å²) in [6.07, 6.45) is 5.09. The summed E-state index contributed by atoms with van der Waals surface area (Å²) in [7, 11) is 0. The van der Waals surface area contributed by atoms with Crippen molar-refractivity contribution in [2.75, 3.05) is 0 Å². The smallest absolute Gasteiger partial charge is 0.223 e. The quantitative estimate of drug-likeness (QED) is 0.927. The lowest BCUT2D eigenvalue weighted by molar-refractivity contribution is 0.320. The minimum Gasteiger partial charge on any atom is -0.340 e. The number of benzene rings is 1. The Kier molecular flexibility index (Phi) is 4.11. The maximum absolute atomic E-state index is 5.01. The zero-order chi connectivity index (χ0) is 13.8. The van der Waals surface area contributed by atoms with Crippen LogP contribution in [0, 0.1) is 6.92 Å². The first-order valence-corrected chi connectivity index (χ1v) is 7.40. The Bertz CT molecular complexity index is 538. The normalized spacial score (nSPS) is 22.9. The largest absolute Gasteiger partial charge is 0.340 e. The van der Waals surface area contributed by atoms with E-state index in [9.17, 15) is 0 Å². The SMILES string of the molecule is Cc1nc(CNC2CCCCC2c2ccccc2)no1. The molecule has 1 aliphatic carbocycles. The van der Waals surface area contributed by atoms with Gasteiger partial charge in [-0.25, -0.2) is 0 Å². The van der Waals surface area contributed by atoms with Gasteiger partial charge in [-0.1, -0.05) is 48.3 Å². The van der Waals surface area contributed by atoms with Gasteiger partial charge in [0.1, 0.15) is 0 Å². The minimum atomic E-state index is 0.505. The van der Waals surface area contributed by atoms with Crippen LogP contribution < -0.4 is 5.32 Å². The van der Waals surface area contributed by atoms with E-state index < -0.39 is 0 Å². The highest BCUT2D eigenvalue weighted by molar-refractivity contribution is 5.22. The van der Waals surface area contributed by atoms with Gasteiger partial charge in [0.25, 0.3) is 0 Å². The maximum Gasteiger partial charge on any atom is 0.223 e. The van der Waals surface area contributed by atoms with Gasteiger partial charge in [-0.15, -0.1) is 0 Å². The fraction of sp³-hybridized carbons (Fsp3) is 0.500. The molecule has 106 valence electrons. The van der Waals surface area contributed by atoms with Crippen molar-refractivity contribution in [3.63, 3.8) is 0 Å². The average Bonchev–Trinajstić information content (AvgIpc) is 2.92. The van der Waals surface area contributed by atoms with Crippen molar-refractivity contribution in [1.82, 2.24) is 15.5 Å². The van der Waals surface area contributed by atoms with E-state index in [0.717, 1.165) is 5.82 Å². The summed E-state index contributed by atoms with van der Waals surface area (Å²) >= 11 is 0. The summed E-state index contributed by atoms with van der Waals surface area (Å²) in [6, 6.07) is 11.3. The summed E-state index contributed by atoms with van der Waals surface area (Å²) in [6.45, 7) is 2.51. The number of rotatable bonds is 4. The van der Waals surface area contributed by atoms with E-state index in [2.05, 4.69) is 45.8 Å². The summed E-state index contributed by atoms with van der Waals surface area (Å²) in [5.41, 5.74) is 1.44. The summed E-state index contributed by atoms with van der Waals surface area (Å²) in [5, 5.41) is 7.56. The molecule has 0 bridgehead atoms. The predicted octanol–water partition coefficient (Wildman–Crippen LogP) is 3.19. The topological polar surface area (TPSA) is 51.0 Å². The van der Waals surface area contributed by atoms with Gasteiger partial charge in [-0.3, -0.25) is 0 Å². The lowest BCUT2D eigenvalue weighted by Gasteiger charge is -2.32. The van der Waals surface area contributed by atoms with Crippen molar-refractivity contribution in [1.29, 1.82) is 0 Å². The Morgan fingerprint density at radius 1 is 1.20 bits per heavy atom. The van der Waals surface area contributed by atoms with Gasteiger partial charge in [-0.2, -0.15) is 4.98 Å². The van der Waals surface area contributed by atoms with Gasteiger partial charge in [0.2, 0.25) is 5.89 Å². The third kappa shape index (κ3) is 3.07. The van der Waals surface area contributed by atoms with Gasteiger partial charge >= 0.3 is 0 Å². The first kappa shape index (κ1) is 13.3. The molecule has 0 aliphatic heterocycles. The van der Waals surface area contributed by atoms with Crippen LogP contribution in [0.15, 0.2) is 34.9 Å². The van der Waals surface area contributed by atoms with E-state index >= 15 is 0 Å². The molecule has 1 fully saturated rings. The van der Waals surface area contributed by atoms with E-state index in [1.807, 2.05) is 6.92 Å². The number of aryl methyl sites for hydroxylation is 1. The second kappa shape index (κ2) is 6.18. The molecule has 0 saturated heterocycles. The molecule has 0 amide bonds. The van der Waals surface area contributed by atoms with Gasteiger partial charge in [0, 0.05) is 13.0 Å². The van der Waals surface area contributed by atoms with Crippen LogP contribution in [-0.2, 0) is 6.54 Å². The lowest BCUT2D eigenvalue weighted by atomic mass is 9.80. The van der Waals surface area contributed by atoms with Crippen LogP contribution in [0.1, 0.15) is 48.9 Å². The van der Waals surface area contributed by atoms with Crippen molar-refractivity contribution in [2.45, 2.75) is 51.1 Å². The molecular weight excluding hydrogens is 250 g/mol. The van der Waals surface area contributed by atoms with E-state index in [-0.39, 0.29) is 0 Å². The van der Waals surface area contributed by atoms with E-state index in [1.165, 1.54) is 31.2 Å². The van der Waals surface area contributed by atoms with Crippen molar-refractivity contribution in [2.24, 2.45) is 0 Å².